The Bertz CT molecular complexity index is 1070. The van der Waals surface area contributed by atoms with Gasteiger partial charge in [0.25, 0.3) is 11.8 Å². The van der Waals surface area contributed by atoms with Crippen LogP contribution < -0.4 is 10.6 Å². The third-order valence-electron chi connectivity index (χ3n) is 4.96. The third-order valence-corrected chi connectivity index (χ3v) is 7.00. The number of nitrogens with one attached hydrogen (secondary N) is 2. The number of hydrogen-bond acceptors (Lipinski definition) is 4. The summed E-state index contributed by atoms with van der Waals surface area (Å²) >= 11 is 0. The van der Waals surface area contributed by atoms with Crippen molar-refractivity contribution in [3.8, 4) is 0 Å². The topological polar surface area (TPSA) is 95.6 Å². The molecule has 2 aromatic carbocycles. The molecule has 0 radical (unpaired) electrons. The fourth-order valence-electron chi connectivity index (χ4n) is 3.33. The molecule has 1 saturated heterocycles. The van der Waals surface area contributed by atoms with Crippen LogP contribution in [0.15, 0.2) is 60.0 Å². The van der Waals surface area contributed by atoms with E-state index in [1.54, 1.807) is 49.4 Å². The van der Waals surface area contributed by atoms with E-state index in [1.807, 2.05) is 0 Å². The Morgan fingerprint density at radius 2 is 1.80 bits per heavy atom. The van der Waals surface area contributed by atoms with Gasteiger partial charge in [0.2, 0.25) is 10.0 Å². The Hall–Kier alpha value is -2.97. The molecule has 1 heterocycles. The quantitative estimate of drug-likeness (QED) is 0.664. The van der Waals surface area contributed by atoms with Crippen LogP contribution in [0.2, 0.25) is 0 Å². The van der Waals surface area contributed by atoms with Crippen LogP contribution in [0.1, 0.15) is 39.1 Å². The number of para-hydroxylation sites is 1. The second-order valence-corrected chi connectivity index (χ2v) is 9.00. The van der Waals surface area contributed by atoms with Crippen LogP contribution in [-0.2, 0) is 10.0 Å². The van der Waals surface area contributed by atoms with E-state index in [2.05, 4.69) is 17.2 Å². The fraction of sp³-hybridized carbons (Fsp3) is 0.273. The smallest absolute Gasteiger partial charge is 0.255 e. The van der Waals surface area contributed by atoms with E-state index in [0.717, 1.165) is 12.8 Å². The molecule has 0 atom stereocenters. The minimum Gasteiger partial charge on any atom is -0.349 e. The van der Waals surface area contributed by atoms with Crippen molar-refractivity contribution in [1.29, 1.82) is 0 Å². The number of benzene rings is 2. The maximum absolute atomic E-state index is 13.0. The standard InChI is InChI=1S/C22H25N3O4S/c1-3-12-23-22(27)18-8-4-5-9-19(18)24-21(26)17-11-10-16(2)20(15-17)30(28,29)25-13-6-7-14-25/h3-5,8-11,15H,1,6-7,12-14H2,2H3,(H,23,27)(H,24,26). The highest BCUT2D eigenvalue weighted by molar-refractivity contribution is 7.89. The van der Waals surface area contributed by atoms with Gasteiger partial charge in [-0.2, -0.15) is 4.31 Å². The van der Waals surface area contributed by atoms with Crippen molar-refractivity contribution >= 4 is 27.5 Å². The molecular weight excluding hydrogens is 402 g/mol. The molecule has 0 bridgehead atoms. The summed E-state index contributed by atoms with van der Waals surface area (Å²) in [5.41, 5.74) is 1.45. The van der Waals surface area contributed by atoms with Crippen molar-refractivity contribution in [3.05, 3.63) is 71.8 Å². The van der Waals surface area contributed by atoms with E-state index in [-0.39, 0.29) is 16.4 Å². The number of carbonyl (C=O) groups excluding carboxylic acids is 2. The van der Waals surface area contributed by atoms with Gasteiger partial charge < -0.3 is 10.6 Å². The van der Waals surface area contributed by atoms with Crippen molar-refractivity contribution < 1.29 is 18.0 Å². The summed E-state index contributed by atoms with van der Waals surface area (Å²) in [5.74, 6) is -0.830. The first kappa shape index (κ1) is 21.7. The predicted molar refractivity (Wildman–Crippen MR) is 116 cm³/mol. The van der Waals surface area contributed by atoms with Gasteiger partial charge in [-0.05, 0) is 49.6 Å². The first-order chi connectivity index (χ1) is 14.3. The predicted octanol–water partition coefficient (Wildman–Crippen LogP) is 2.95. The van der Waals surface area contributed by atoms with Crippen LogP contribution in [0.25, 0.3) is 0 Å². The van der Waals surface area contributed by atoms with Gasteiger partial charge in [-0.15, -0.1) is 6.58 Å². The Morgan fingerprint density at radius 1 is 1.10 bits per heavy atom. The van der Waals surface area contributed by atoms with Crippen molar-refractivity contribution in [3.63, 3.8) is 0 Å². The summed E-state index contributed by atoms with van der Waals surface area (Å²) in [6.45, 7) is 6.56. The molecule has 2 aromatic rings. The highest BCUT2D eigenvalue weighted by Crippen LogP contribution is 2.25. The van der Waals surface area contributed by atoms with Crippen molar-refractivity contribution in [1.82, 2.24) is 9.62 Å². The zero-order valence-electron chi connectivity index (χ0n) is 16.8. The van der Waals surface area contributed by atoms with E-state index >= 15 is 0 Å². The Kier molecular flexibility index (Phi) is 6.69. The highest BCUT2D eigenvalue weighted by Gasteiger charge is 2.29. The maximum atomic E-state index is 13.0. The lowest BCUT2D eigenvalue weighted by Crippen LogP contribution is -2.29. The molecule has 2 amide bonds. The van der Waals surface area contributed by atoms with E-state index in [9.17, 15) is 18.0 Å². The first-order valence-corrected chi connectivity index (χ1v) is 11.2. The number of nitrogens with zero attached hydrogens (tertiary/aromatic N) is 1. The van der Waals surface area contributed by atoms with Gasteiger partial charge in [0, 0.05) is 25.2 Å². The van der Waals surface area contributed by atoms with Gasteiger partial charge in [-0.1, -0.05) is 24.3 Å². The van der Waals surface area contributed by atoms with Crippen molar-refractivity contribution in [2.45, 2.75) is 24.7 Å². The summed E-state index contributed by atoms with van der Waals surface area (Å²) in [6.07, 6.45) is 3.24. The molecule has 1 aliphatic heterocycles. The highest BCUT2D eigenvalue weighted by atomic mass is 32.2. The number of amides is 2. The zero-order chi connectivity index (χ0) is 21.7. The molecule has 0 aliphatic carbocycles. The molecule has 0 aromatic heterocycles. The Balaban J connectivity index is 1.87. The summed E-state index contributed by atoms with van der Waals surface area (Å²) in [4.78, 5) is 25.3. The molecule has 30 heavy (non-hydrogen) atoms. The monoisotopic (exact) mass is 427 g/mol. The number of rotatable bonds is 7. The van der Waals surface area contributed by atoms with Crippen LogP contribution in [0.4, 0.5) is 5.69 Å². The summed E-state index contributed by atoms with van der Waals surface area (Å²) in [6, 6.07) is 11.2. The minimum absolute atomic E-state index is 0.133. The van der Waals surface area contributed by atoms with Crippen molar-refractivity contribution in [2.75, 3.05) is 25.0 Å². The average Bonchev–Trinajstić information content (AvgIpc) is 3.28. The average molecular weight is 428 g/mol. The molecule has 0 unspecified atom stereocenters. The molecule has 1 aliphatic rings. The molecule has 0 saturated carbocycles. The second kappa shape index (κ2) is 9.23. The third kappa shape index (κ3) is 4.60. The van der Waals surface area contributed by atoms with Gasteiger partial charge in [0.15, 0.2) is 0 Å². The van der Waals surface area contributed by atoms with E-state index in [1.165, 1.54) is 10.4 Å². The molecule has 158 valence electrons. The summed E-state index contributed by atoms with van der Waals surface area (Å²) in [7, 11) is -3.65. The number of aryl methyl sites for hydroxylation is 1. The van der Waals surface area contributed by atoms with Crippen LogP contribution in [0.5, 0.6) is 0 Å². The lowest BCUT2D eigenvalue weighted by atomic mass is 10.1. The minimum atomic E-state index is -3.65. The van der Waals surface area contributed by atoms with Crippen LogP contribution in [-0.4, -0.2) is 44.2 Å². The maximum Gasteiger partial charge on any atom is 0.255 e. The van der Waals surface area contributed by atoms with Crippen LogP contribution >= 0.6 is 0 Å². The molecule has 0 spiro atoms. The molecule has 7 nitrogen and oxygen atoms in total. The van der Waals surface area contributed by atoms with Gasteiger partial charge in [0.1, 0.15) is 0 Å². The SMILES string of the molecule is C=CCNC(=O)c1ccccc1NC(=O)c1ccc(C)c(S(=O)(=O)N2CCCC2)c1. The van der Waals surface area contributed by atoms with Crippen LogP contribution in [0, 0.1) is 6.92 Å². The molecular formula is C22H25N3O4S. The lowest BCUT2D eigenvalue weighted by Gasteiger charge is -2.18. The fourth-order valence-corrected chi connectivity index (χ4v) is 5.10. The van der Waals surface area contributed by atoms with Gasteiger partial charge in [0.05, 0.1) is 16.1 Å². The number of hydrogen-bond donors (Lipinski definition) is 2. The normalized spacial score (nSPS) is 14.3. The van der Waals surface area contributed by atoms with Crippen molar-refractivity contribution in [2.24, 2.45) is 0 Å². The lowest BCUT2D eigenvalue weighted by molar-refractivity contribution is 0.0959. The van der Waals surface area contributed by atoms with E-state index in [0.29, 0.717) is 36.4 Å². The zero-order valence-corrected chi connectivity index (χ0v) is 17.7. The van der Waals surface area contributed by atoms with Gasteiger partial charge in [-0.25, -0.2) is 8.42 Å². The van der Waals surface area contributed by atoms with E-state index < -0.39 is 15.9 Å². The second-order valence-electron chi connectivity index (χ2n) is 7.09. The molecule has 8 heteroatoms. The Labute approximate surface area is 176 Å². The summed E-state index contributed by atoms with van der Waals surface area (Å²) < 4.78 is 27.4. The number of anilines is 1. The van der Waals surface area contributed by atoms with Gasteiger partial charge in [-0.3, -0.25) is 9.59 Å². The van der Waals surface area contributed by atoms with Gasteiger partial charge >= 0.3 is 0 Å². The largest absolute Gasteiger partial charge is 0.349 e. The molecule has 3 rings (SSSR count). The first-order valence-electron chi connectivity index (χ1n) is 9.75. The van der Waals surface area contributed by atoms with E-state index in [4.69, 9.17) is 0 Å². The molecule has 1 fully saturated rings. The Morgan fingerprint density at radius 3 is 2.50 bits per heavy atom. The van der Waals surface area contributed by atoms with Crippen LogP contribution in [0.3, 0.4) is 0 Å². The number of carbonyl (C=O) groups is 2. The molecule has 2 N–H and O–H groups in total. The summed E-state index contributed by atoms with van der Waals surface area (Å²) in [5, 5.41) is 5.39. The number of sulfonamides is 1.